The number of rotatable bonds is 8. The summed E-state index contributed by atoms with van der Waals surface area (Å²) >= 11 is 1.67. The normalized spacial score (nSPS) is 10.8. The van der Waals surface area contributed by atoms with Crippen molar-refractivity contribution in [3.05, 3.63) is 70.7 Å². The fraction of sp³-hybridized carbons (Fsp3) is 0.200. The Morgan fingerprint density at radius 2 is 1.69 bits per heavy atom. The molecule has 0 saturated carbocycles. The Hall–Kier alpha value is -3.58. The molecule has 2 heterocycles. The van der Waals surface area contributed by atoms with Gasteiger partial charge in [0.25, 0.3) is 0 Å². The van der Waals surface area contributed by atoms with E-state index < -0.39 is 0 Å². The first kappa shape index (κ1) is 21.6. The van der Waals surface area contributed by atoms with E-state index in [1.165, 1.54) is 24.5 Å². The summed E-state index contributed by atoms with van der Waals surface area (Å²) in [6.45, 7) is 2.08. The lowest BCUT2D eigenvalue weighted by Crippen LogP contribution is -2.08. The predicted octanol–water partition coefficient (Wildman–Crippen LogP) is 5.53. The Morgan fingerprint density at radius 1 is 0.906 bits per heavy atom. The van der Waals surface area contributed by atoms with Crippen molar-refractivity contribution in [1.82, 2.24) is 10.2 Å². The number of Topliss-reactive ketones (excluding diaryl/α,β-unsaturated/α-hetero) is 2. The summed E-state index contributed by atoms with van der Waals surface area (Å²) in [5.74, 6) is 0.652. The number of methoxy groups -OCH3 is 2. The van der Waals surface area contributed by atoms with Crippen molar-refractivity contribution < 1.29 is 19.1 Å². The zero-order valence-electron chi connectivity index (χ0n) is 18.0. The minimum absolute atomic E-state index is 0.0573. The van der Waals surface area contributed by atoms with Crippen LogP contribution in [0.15, 0.2) is 53.9 Å². The van der Waals surface area contributed by atoms with Gasteiger partial charge < -0.3 is 9.47 Å². The first-order chi connectivity index (χ1) is 15.5. The van der Waals surface area contributed by atoms with E-state index in [0.717, 1.165) is 16.6 Å². The van der Waals surface area contributed by atoms with Crippen LogP contribution >= 0.6 is 11.3 Å². The average Bonchev–Trinajstić information content (AvgIpc) is 3.27. The number of aromatic nitrogens is 2. The standard InChI is InChI=1S/C25H22N2O4S/c1-15-5-4-6-17-18(14-32-25(15)17)19-8-9-20(27-26-19)22(29)11-10-21(28)16-7-12-23(30-2)24(13-16)31-3/h4-9,12-14H,10-11H2,1-3H3. The molecule has 0 spiro atoms. The lowest BCUT2D eigenvalue weighted by molar-refractivity contribution is 0.0914. The van der Waals surface area contributed by atoms with Gasteiger partial charge in [-0.25, -0.2) is 0 Å². The van der Waals surface area contributed by atoms with Gasteiger partial charge in [-0.05, 0) is 42.8 Å². The third-order valence-electron chi connectivity index (χ3n) is 5.31. The van der Waals surface area contributed by atoms with E-state index in [0.29, 0.717) is 17.1 Å². The molecule has 0 atom stereocenters. The number of ether oxygens (including phenoxy) is 2. The molecule has 0 aliphatic carbocycles. The molecule has 0 saturated heterocycles. The molecule has 0 unspecified atom stereocenters. The number of benzene rings is 2. The zero-order chi connectivity index (χ0) is 22.7. The summed E-state index contributed by atoms with van der Waals surface area (Å²) in [6, 6.07) is 14.6. The van der Waals surface area contributed by atoms with E-state index in [4.69, 9.17) is 9.47 Å². The highest BCUT2D eigenvalue weighted by Crippen LogP contribution is 2.34. The van der Waals surface area contributed by atoms with Gasteiger partial charge in [0.15, 0.2) is 23.1 Å². The first-order valence-corrected chi connectivity index (χ1v) is 11.0. The lowest BCUT2D eigenvalue weighted by Gasteiger charge is -2.09. The van der Waals surface area contributed by atoms with E-state index in [1.807, 2.05) is 6.07 Å². The second-order valence-electron chi connectivity index (χ2n) is 7.32. The molecule has 0 fully saturated rings. The van der Waals surface area contributed by atoms with E-state index in [1.54, 1.807) is 41.7 Å². The smallest absolute Gasteiger partial charge is 0.183 e. The maximum atomic E-state index is 12.6. The molecule has 0 amide bonds. The molecule has 0 bridgehead atoms. The number of ketones is 2. The van der Waals surface area contributed by atoms with Crippen LogP contribution in [0.1, 0.15) is 39.3 Å². The second kappa shape index (κ2) is 9.28. The maximum Gasteiger partial charge on any atom is 0.183 e. The van der Waals surface area contributed by atoms with Gasteiger partial charge in [0.05, 0.1) is 19.9 Å². The molecular weight excluding hydrogens is 424 g/mol. The molecule has 7 heteroatoms. The van der Waals surface area contributed by atoms with Gasteiger partial charge in [-0.2, -0.15) is 0 Å². The number of nitrogens with zero attached hydrogens (tertiary/aromatic N) is 2. The molecule has 0 aliphatic heterocycles. The van der Waals surface area contributed by atoms with Crippen LogP contribution in [-0.4, -0.2) is 36.0 Å². The van der Waals surface area contributed by atoms with Gasteiger partial charge in [-0.3, -0.25) is 9.59 Å². The average molecular weight is 447 g/mol. The quantitative estimate of drug-likeness (QED) is 0.331. The predicted molar refractivity (Wildman–Crippen MR) is 125 cm³/mol. The van der Waals surface area contributed by atoms with Crippen molar-refractivity contribution in [1.29, 1.82) is 0 Å². The maximum absolute atomic E-state index is 12.6. The highest BCUT2D eigenvalue weighted by molar-refractivity contribution is 7.18. The van der Waals surface area contributed by atoms with Crippen LogP contribution in [0.5, 0.6) is 11.5 Å². The van der Waals surface area contributed by atoms with Crippen LogP contribution in [0, 0.1) is 6.92 Å². The Balaban J connectivity index is 1.44. The molecule has 0 radical (unpaired) electrons. The van der Waals surface area contributed by atoms with Crippen molar-refractivity contribution >= 4 is 33.0 Å². The number of carbonyl (C=O) groups excluding carboxylic acids is 2. The van der Waals surface area contributed by atoms with Crippen LogP contribution in [0.4, 0.5) is 0 Å². The van der Waals surface area contributed by atoms with Crippen LogP contribution < -0.4 is 9.47 Å². The molecular formula is C25H22N2O4S. The fourth-order valence-corrected chi connectivity index (χ4v) is 4.58. The Labute approximate surface area is 189 Å². The monoisotopic (exact) mass is 446 g/mol. The number of aryl methyl sites for hydroxylation is 1. The minimum Gasteiger partial charge on any atom is -0.493 e. The SMILES string of the molecule is COc1ccc(C(=O)CCC(=O)c2ccc(-c3csc4c(C)cccc34)nn2)cc1OC. The third kappa shape index (κ3) is 4.24. The van der Waals surface area contributed by atoms with Gasteiger partial charge >= 0.3 is 0 Å². The van der Waals surface area contributed by atoms with Crippen LogP contribution in [0.2, 0.25) is 0 Å². The molecule has 0 aliphatic rings. The Kier molecular flexibility index (Phi) is 6.28. The van der Waals surface area contributed by atoms with Gasteiger partial charge in [0.2, 0.25) is 0 Å². The summed E-state index contributed by atoms with van der Waals surface area (Å²) in [7, 11) is 3.05. The third-order valence-corrected chi connectivity index (χ3v) is 6.44. The summed E-state index contributed by atoms with van der Waals surface area (Å²) < 4.78 is 11.6. The largest absolute Gasteiger partial charge is 0.493 e. The molecule has 4 aromatic rings. The molecule has 6 nitrogen and oxygen atoms in total. The van der Waals surface area contributed by atoms with Gasteiger partial charge in [-0.15, -0.1) is 21.5 Å². The first-order valence-electron chi connectivity index (χ1n) is 10.1. The van der Waals surface area contributed by atoms with E-state index in [2.05, 4.69) is 34.6 Å². The number of thiophene rings is 1. The Bertz CT molecular complexity index is 1300. The van der Waals surface area contributed by atoms with Crippen molar-refractivity contribution in [2.75, 3.05) is 14.2 Å². The molecule has 2 aromatic heterocycles. The van der Waals surface area contributed by atoms with Crippen LogP contribution in [-0.2, 0) is 0 Å². The van der Waals surface area contributed by atoms with E-state index in [9.17, 15) is 9.59 Å². The molecule has 32 heavy (non-hydrogen) atoms. The number of hydrogen-bond donors (Lipinski definition) is 0. The minimum atomic E-state index is -0.219. The summed E-state index contributed by atoms with van der Waals surface area (Å²) in [5.41, 5.74) is 3.67. The van der Waals surface area contributed by atoms with Crippen molar-refractivity contribution in [2.45, 2.75) is 19.8 Å². The van der Waals surface area contributed by atoms with E-state index >= 15 is 0 Å². The molecule has 162 valence electrons. The molecule has 0 N–H and O–H groups in total. The van der Waals surface area contributed by atoms with Crippen LogP contribution in [0.25, 0.3) is 21.3 Å². The van der Waals surface area contributed by atoms with Gasteiger partial charge in [0.1, 0.15) is 5.69 Å². The van der Waals surface area contributed by atoms with Crippen molar-refractivity contribution in [3.63, 3.8) is 0 Å². The molecule has 2 aromatic carbocycles. The zero-order valence-corrected chi connectivity index (χ0v) is 18.9. The van der Waals surface area contributed by atoms with Gasteiger partial charge in [0, 0.05) is 39.4 Å². The highest BCUT2D eigenvalue weighted by atomic mass is 32.1. The van der Waals surface area contributed by atoms with Gasteiger partial charge in [-0.1, -0.05) is 18.2 Å². The molecule has 4 rings (SSSR count). The number of carbonyl (C=O) groups is 2. The van der Waals surface area contributed by atoms with E-state index in [-0.39, 0.29) is 30.1 Å². The second-order valence-corrected chi connectivity index (χ2v) is 8.20. The number of hydrogen-bond acceptors (Lipinski definition) is 7. The van der Waals surface area contributed by atoms with Crippen molar-refractivity contribution in [3.8, 4) is 22.8 Å². The topological polar surface area (TPSA) is 78.4 Å². The highest BCUT2D eigenvalue weighted by Gasteiger charge is 2.16. The van der Waals surface area contributed by atoms with Crippen LogP contribution in [0.3, 0.4) is 0 Å². The number of fused-ring (bicyclic) bond motifs is 1. The lowest BCUT2D eigenvalue weighted by atomic mass is 10.0. The summed E-state index contributed by atoms with van der Waals surface area (Å²) in [4.78, 5) is 25.1. The fourth-order valence-electron chi connectivity index (χ4n) is 3.53. The summed E-state index contributed by atoms with van der Waals surface area (Å²) in [5, 5.41) is 11.6. The van der Waals surface area contributed by atoms with Crippen molar-refractivity contribution in [2.24, 2.45) is 0 Å². The summed E-state index contributed by atoms with van der Waals surface area (Å²) in [6.07, 6.45) is 0.133. The Morgan fingerprint density at radius 3 is 2.41 bits per heavy atom.